The van der Waals surface area contributed by atoms with Crippen molar-refractivity contribution in [3.8, 4) is 0 Å². The number of hydrogen-bond acceptors (Lipinski definition) is 12. The summed E-state index contributed by atoms with van der Waals surface area (Å²) < 4.78 is 35.9. The number of nitrogens with two attached hydrogens (primary N) is 2. The highest BCUT2D eigenvalue weighted by Crippen LogP contribution is 2.10. The lowest BCUT2D eigenvalue weighted by molar-refractivity contribution is -0.0402. The van der Waals surface area contributed by atoms with Crippen LogP contribution in [0, 0.1) is 0 Å². The molecule has 376 valence electrons. The summed E-state index contributed by atoms with van der Waals surface area (Å²) in [6.07, 6.45) is 1.20. The van der Waals surface area contributed by atoms with Crippen LogP contribution >= 0.6 is 0 Å². The van der Waals surface area contributed by atoms with Crippen molar-refractivity contribution in [1.82, 2.24) is 21.3 Å². The highest BCUT2D eigenvalue weighted by Gasteiger charge is 2.19. The first-order chi connectivity index (χ1) is 34.3. The molecule has 0 spiro atoms. The molecule has 5 atom stereocenters. The fourth-order valence-electron chi connectivity index (χ4n) is 6.99. The van der Waals surface area contributed by atoms with Crippen LogP contribution in [0.15, 0.2) is 182 Å². The molecule has 0 aliphatic carbocycles. The maximum Gasteiger partial charge on any atom is 0.126 e. The quantitative estimate of drug-likeness (QED) is 0.0170. The van der Waals surface area contributed by atoms with Gasteiger partial charge in [-0.15, -0.1) is 0 Å². The van der Waals surface area contributed by atoms with Crippen LogP contribution in [0.1, 0.15) is 60.1 Å². The van der Waals surface area contributed by atoms with Gasteiger partial charge in [0.1, 0.15) is 24.4 Å². The van der Waals surface area contributed by atoms with Gasteiger partial charge in [-0.1, -0.05) is 182 Å². The van der Waals surface area contributed by atoms with E-state index in [4.69, 9.17) is 39.9 Å². The molecule has 6 aromatic rings. The summed E-state index contributed by atoms with van der Waals surface area (Å²) in [5, 5.41) is 13.9. The Kier molecular flexibility index (Phi) is 27.3. The lowest BCUT2D eigenvalue weighted by Crippen LogP contribution is -2.50. The van der Waals surface area contributed by atoms with Crippen molar-refractivity contribution in [1.29, 1.82) is 0 Å². The van der Waals surface area contributed by atoms with Crippen molar-refractivity contribution < 1.29 is 28.4 Å². The van der Waals surface area contributed by atoms with Gasteiger partial charge in [0.25, 0.3) is 0 Å². The van der Waals surface area contributed by atoms with Gasteiger partial charge in [-0.05, 0) is 73.2 Å². The van der Waals surface area contributed by atoms with E-state index in [0.29, 0.717) is 72.4 Å². The molecule has 0 bridgehead atoms. The van der Waals surface area contributed by atoms with Crippen molar-refractivity contribution in [3.05, 3.63) is 215 Å². The summed E-state index contributed by atoms with van der Waals surface area (Å²) in [5.74, 6) is 0. The molecule has 0 saturated heterocycles. The molecular weight excluding hydrogens is 877 g/mol. The molecule has 0 radical (unpaired) electrons. The number of hydrogen-bond donors (Lipinski definition) is 6. The Labute approximate surface area is 417 Å². The molecule has 0 saturated carbocycles. The molecule has 0 aliphatic rings. The summed E-state index contributed by atoms with van der Waals surface area (Å²) in [6, 6.07) is 61.0. The Morgan fingerprint density at radius 1 is 0.457 bits per heavy atom. The van der Waals surface area contributed by atoms with Crippen molar-refractivity contribution in [2.24, 2.45) is 11.5 Å². The normalized spacial score (nSPS) is 13.9. The lowest BCUT2D eigenvalue weighted by atomic mass is 10.2. The van der Waals surface area contributed by atoms with Crippen molar-refractivity contribution in [2.75, 3.05) is 45.9 Å². The largest absolute Gasteiger partial charge is 0.377 e. The Bertz CT molecular complexity index is 2150. The standard InChI is InChI=1S/C39H51N3O4.C19H27N3O2/c1-33(44-30-35-17-8-3-9-18-35)23-25-42-39(46-32-37-21-12-5-13-22-37)28-40-27-38(45-31-36-19-10-4-11-20-36)41-24-14-26-43-29-34-15-6-2-7-16-34;1-19(21,24-14-17-10-6-3-7-11-17)15-22-12-18(20)23-13-16-8-4-2-5-9-16/h2-13,15-22,33,38-42H,14,23-32H2,1H3;2-11,18,22H,12-15,20-21H2,1H3. The zero-order chi connectivity index (χ0) is 49.2. The van der Waals surface area contributed by atoms with E-state index < -0.39 is 12.0 Å². The van der Waals surface area contributed by atoms with Gasteiger partial charge >= 0.3 is 0 Å². The monoisotopic (exact) mass is 955 g/mol. The third-order valence-corrected chi connectivity index (χ3v) is 11.0. The fraction of sp³-hybridized carbons (Fsp3) is 0.379. The van der Waals surface area contributed by atoms with Crippen LogP contribution in [-0.4, -0.2) is 76.4 Å². The fourth-order valence-corrected chi connectivity index (χ4v) is 6.99. The third kappa shape index (κ3) is 25.6. The Balaban J connectivity index is 0.000000319. The van der Waals surface area contributed by atoms with Crippen molar-refractivity contribution in [2.45, 2.75) is 96.8 Å². The summed E-state index contributed by atoms with van der Waals surface area (Å²) in [7, 11) is 0. The molecule has 12 nitrogen and oxygen atoms in total. The van der Waals surface area contributed by atoms with Gasteiger partial charge in [-0.25, -0.2) is 0 Å². The summed E-state index contributed by atoms with van der Waals surface area (Å²) >= 11 is 0. The topological polar surface area (TPSA) is 156 Å². The van der Waals surface area contributed by atoms with E-state index in [1.165, 1.54) is 11.1 Å². The van der Waals surface area contributed by atoms with Gasteiger partial charge in [0.2, 0.25) is 0 Å². The molecule has 0 heterocycles. The highest BCUT2D eigenvalue weighted by molar-refractivity contribution is 5.17. The average molecular weight is 955 g/mol. The molecule has 6 aromatic carbocycles. The maximum atomic E-state index is 6.32. The van der Waals surface area contributed by atoms with E-state index >= 15 is 0 Å². The molecule has 70 heavy (non-hydrogen) atoms. The molecule has 0 fully saturated rings. The highest BCUT2D eigenvalue weighted by atomic mass is 16.5. The number of ether oxygens (including phenoxy) is 6. The SMILES string of the molecule is CC(CCNC(CNCC(NCCCOCc1ccccc1)OCc1ccccc1)OCc1ccccc1)OCc1ccccc1.CC(N)(CNCC(N)OCc1ccccc1)OCc1ccccc1. The first-order valence-electron chi connectivity index (χ1n) is 24.6. The predicted octanol–water partition coefficient (Wildman–Crippen LogP) is 8.41. The van der Waals surface area contributed by atoms with Crippen molar-refractivity contribution in [3.63, 3.8) is 0 Å². The van der Waals surface area contributed by atoms with E-state index in [-0.39, 0.29) is 18.6 Å². The zero-order valence-corrected chi connectivity index (χ0v) is 41.3. The number of nitrogens with one attached hydrogen (secondary N) is 4. The molecule has 5 unspecified atom stereocenters. The Morgan fingerprint density at radius 2 is 0.843 bits per heavy atom. The Morgan fingerprint density at radius 3 is 1.30 bits per heavy atom. The predicted molar refractivity (Wildman–Crippen MR) is 281 cm³/mol. The van der Waals surface area contributed by atoms with Crippen LogP contribution in [0.2, 0.25) is 0 Å². The number of rotatable bonds is 34. The van der Waals surface area contributed by atoms with E-state index in [2.05, 4.69) is 76.7 Å². The molecule has 12 heteroatoms. The number of benzene rings is 6. The molecular formula is C58H78N6O6. The minimum absolute atomic E-state index is 0.132. The summed E-state index contributed by atoms with van der Waals surface area (Å²) in [5.41, 5.74) is 18.2. The second kappa shape index (κ2) is 34.2. The molecule has 0 aliphatic heterocycles. The average Bonchev–Trinajstić information content (AvgIpc) is 3.40. The van der Waals surface area contributed by atoms with E-state index in [9.17, 15) is 0 Å². The van der Waals surface area contributed by atoms with Crippen LogP contribution in [0.4, 0.5) is 0 Å². The third-order valence-electron chi connectivity index (χ3n) is 11.0. The molecule has 0 amide bonds. The van der Waals surface area contributed by atoms with Gasteiger partial charge < -0.3 is 50.5 Å². The molecule has 6 rings (SSSR count). The van der Waals surface area contributed by atoms with Crippen LogP contribution in [0.25, 0.3) is 0 Å². The van der Waals surface area contributed by atoms with E-state index in [0.717, 1.165) is 48.2 Å². The van der Waals surface area contributed by atoms with Gasteiger partial charge in [-0.2, -0.15) is 0 Å². The second-order valence-corrected chi connectivity index (χ2v) is 17.5. The van der Waals surface area contributed by atoms with Gasteiger partial charge in [-0.3, -0.25) is 10.6 Å². The first-order valence-corrected chi connectivity index (χ1v) is 24.6. The lowest BCUT2D eigenvalue weighted by Gasteiger charge is -2.26. The second-order valence-electron chi connectivity index (χ2n) is 17.5. The molecule has 0 aromatic heterocycles. The van der Waals surface area contributed by atoms with Crippen LogP contribution in [0.3, 0.4) is 0 Å². The van der Waals surface area contributed by atoms with Crippen LogP contribution in [-0.2, 0) is 68.1 Å². The smallest absolute Gasteiger partial charge is 0.126 e. The Hall–Kier alpha value is -5.16. The van der Waals surface area contributed by atoms with Crippen LogP contribution in [0.5, 0.6) is 0 Å². The van der Waals surface area contributed by atoms with Crippen LogP contribution < -0.4 is 32.7 Å². The van der Waals surface area contributed by atoms with Gasteiger partial charge in [0.15, 0.2) is 0 Å². The summed E-state index contributed by atoms with van der Waals surface area (Å²) in [6.45, 7) is 11.8. The minimum atomic E-state index is -0.769. The zero-order valence-electron chi connectivity index (χ0n) is 41.3. The van der Waals surface area contributed by atoms with Crippen molar-refractivity contribution >= 4 is 0 Å². The molecule has 8 N–H and O–H groups in total. The van der Waals surface area contributed by atoms with Gasteiger partial charge in [0.05, 0.1) is 45.7 Å². The van der Waals surface area contributed by atoms with E-state index in [1.54, 1.807) is 0 Å². The maximum absolute atomic E-state index is 6.32. The van der Waals surface area contributed by atoms with E-state index in [1.807, 2.05) is 140 Å². The summed E-state index contributed by atoms with van der Waals surface area (Å²) in [4.78, 5) is 0. The first kappa shape index (κ1) is 55.8. The minimum Gasteiger partial charge on any atom is -0.377 e. The van der Waals surface area contributed by atoms with Gasteiger partial charge in [0, 0.05) is 32.8 Å².